The third kappa shape index (κ3) is 4.68. The highest BCUT2D eigenvalue weighted by Gasteiger charge is 2.21. The SMILES string of the molecule is COc1ccc(-c2nn(Cc3cccc([N+](=O)[O-])c3)c(-c3ccc(OC)c(OC)c3)c2C)cc1OC. The van der Waals surface area contributed by atoms with Crippen LogP contribution in [0.15, 0.2) is 60.7 Å². The van der Waals surface area contributed by atoms with E-state index in [-0.39, 0.29) is 5.69 Å². The number of nitrogens with zero attached hydrogens (tertiary/aromatic N) is 3. The van der Waals surface area contributed by atoms with Crippen molar-refractivity contribution in [3.8, 4) is 45.5 Å². The zero-order valence-electron chi connectivity index (χ0n) is 20.8. The summed E-state index contributed by atoms with van der Waals surface area (Å²) in [6.45, 7) is 2.33. The van der Waals surface area contributed by atoms with Gasteiger partial charge in [-0.2, -0.15) is 5.10 Å². The molecule has 9 heteroatoms. The summed E-state index contributed by atoms with van der Waals surface area (Å²) in [7, 11) is 6.35. The minimum Gasteiger partial charge on any atom is -0.493 e. The third-order valence-electron chi connectivity index (χ3n) is 5.96. The smallest absolute Gasteiger partial charge is 0.269 e. The molecule has 9 nitrogen and oxygen atoms in total. The van der Waals surface area contributed by atoms with Crippen LogP contribution < -0.4 is 18.9 Å². The first-order valence-electron chi connectivity index (χ1n) is 11.2. The highest BCUT2D eigenvalue weighted by molar-refractivity contribution is 5.76. The van der Waals surface area contributed by atoms with Crippen LogP contribution in [0.1, 0.15) is 11.1 Å². The van der Waals surface area contributed by atoms with Crippen LogP contribution in [0.2, 0.25) is 0 Å². The van der Waals surface area contributed by atoms with Gasteiger partial charge in [0.05, 0.1) is 51.3 Å². The van der Waals surface area contributed by atoms with Gasteiger partial charge in [-0.15, -0.1) is 0 Å². The van der Waals surface area contributed by atoms with Crippen LogP contribution >= 0.6 is 0 Å². The number of hydrogen-bond acceptors (Lipinski definition) is 7. The Balaban J connectivity index is 1.89. The Labute approximate surface area is 209 Å². The van der Waals surface area contributed by atoms with Crippen LogP contribution in [0.4, 0.5) is 5.69 Å². The molecule has 0 saturated heterocycles. The molecule has 4 aromatic rings. The van der Waals surface area contributed by atoms with Crippen LogP contribution in [-0.4, -0.2) is 43.1 Å². The third-order valence-corrected chi connectivity index (χ3v) is 5.96. The van der Waals surface area contributed by atoms with E-state index in [0.29, 0.717) is 29.5 Å². The number of aromatic nitrogens is 2. The molecule has 0 saturated carbocycles. The van der Waals surface area contributed by atoms with Gasteiger partial charge in [-0.3, -0.25) is 14.8 Å². The number of hydrogen-bond donors (Lipinski definition) is 0. The first-order valence-corrected chi connectivity index (χ1v) is 11.2. The van der Waals surface area contributed by atoms with Gasteiger partial charge < -0.3 is 18.9 Å². The maximum Gasteiger partial charge on any atom is 0.269 e. The predicted molar refractivity (Wildman–Crippen MR) is 136 cm³/mol. The monoisotopic (exact) mass is 489 g/mol. The fourth-order valence-electron chi connectivity index (χ4n) is 4.21. The molecule has 0 spiro atoms. The van der Waals surface area contributed by atoms with Crippen molar-refractivity contribution in [3.05, 3.63) is 81.9 Å². The summed E-state index contributed by atoms with van der Waals surface area (Å²) in [5.41, 5.74) is 5.05. The maximum atomic E-state index is 11.3. The zero-order valence-corrected chi connectivity index (χ0v) is 20.8. The van der Waals surface area contributed by atoms with Gasteiger partial charge in [0.25, 0.3) is 5.69 Å². The van der Waals surface area contributed by atoms with Crippen LogP contribution in [0.5, 0.6) is 23.0 Å². The highest BCUT2D eigenvalue weighted by atomic mass is 16.6. The Morgan fingerprint density at radius 3 is 1.97 bits per heavy atom. The van der Waals surface area contributed by atoms with E-state index in [4.69, 9.17) is 24.0 Å². The second kappa shape index (κ2) is 10.4. The van der Waals surface area contributed by atoms with Crippen molar-refractivity contribution < 1.29 is 23.9 Å². The molecular weight excluding hydrogens is 462 g/mol. The van der Waals surface area contributed by atoms with E-state index in [9.17, 15) is 10.1 Å². The molecule has 0 aliphatic carbocycles. The predicted octanol–water partition coefficient (Wildman–Crippen LogP) is 5.52. The van der Waals surface area contributed by atoms with Gasteiger partial charge in [-0.1, -0.05) is 12.1 Å². The highest BCUT2D eigenvalue weighted by Crippen LogP contribution is 2.39. The lowest BCUT2D eigenvalue weighted by atomic mass is 10.0. The van der Waals surface area contributed by atoms with Gasteiger partial charge in [0.1, 0.15) is 0 Å². The number of nitro groups is 1. The Bertz CT molecular complexity index is 1410. The second-order valence-electron chi connectivity index (χ2n) is 8.05. The van der Waals surface area contributed by atoms with Gasteiger partial charge in [0.2, 0.25) is 0 Å². The van der Waals surface area contributed by atoms with Crippen LogP contribution in [-0.2, 0) is 6.54 Å². The lowest BCUT2D eigenvalue weighted by molar-refractivity contribution is -0.384. The molecule has 0 bridgehead atoms. The number of benzene rings is 3. The Morgan fingerprint density at radius 1 is 0.806 bits per heavy atom. The standard InChI is InChI=1S/C27H27N3O6/c1-17-26(19-9-11-22(33-2)24(14-19)35-4)28-29(16-18-7-6-8-21(13-18)30(31)32)27(17)20-10-12-23(34-3)25(15-20)36-5/h6-15H,16H2,1-5H3. The number of methoxy groups -OCH3 is 4. The van der Waals surface area contributed by atoms with Crippen molar-refractivity contribution in [1.29, 1.82) is 0 Å². The molecule has 1 aromatic heterocycles. The van der Waals surface area contributed by atoms with E-state index in [0.717, 1.165) is 33.6 Å². The van der Waals surface area contributed by atoms with Crippen molar-refractivity contribution in [2.45, 2.75) is 13.5 Å². The van der Waals surface area contributed by atoms with E-state index in [2.05, 4.69) is 0 Å². The largest absolute Gasteiger partial charge is 0.493 e. The molecule has 0 fully saturated rings. The van der Waals surface area contributed by atoms with Gasteiger partial charge in [-0.25, -0.2) is 0 Å². The fraction of sp³-hybridized carbons (Fsp3) is 0.222. The van der Waals surface area contributed by atoms with Crippen molar-refractivity contribution >= 4 is 5.69 Å². The molecule has 0 N–H and O–H groups in total. The number of ether oxygens (including phenoxy) is 4. The summed E-state index contributed by atoms with van der Waals surface area (Å²) in [6, 6.07) is 17.9. The summed E-state index contributed by atoms with van der Waals surface area (Å²) in [5, 5.41) is 16.2. The quantitative estimate of drug-likeness (QED) is 0.226. The Morgan fingerprint density at radius 2 is 1.39 bits per heavy atom. The number of rotatable bonds is 9. The average Bonchev–Trinajstić information content (AvgIpc) is 3.23. The molecule has 0 amide bonds. The average molecular weight is 490 g/mol. The van der Waals surface area contributed by atoms with Crippen LogP contribution in [0.25, 0.3) is 22.5 Å². The molecule has 1 heterocycles. The van der Waals surface area contributed by atoms with Crippen LogP contribution in [0, 0.1) is 17.0 Å². The van der Waals surface area contributed by atoms with E-state index >= 15 is 0 Å². The number of non-ortho nitro benzene ring substituents is 1. The van der Waals surface area contributed by atoms with Gasteiger partial charge in [0.15, 0.2) is 23.0 Å². The summed E-state index contributed by atoms with van der Waals surface area (Å²) in [5.74, 6) is 2.42. The zero-order chi connectivity index (χ0) is 25.8. The van der Waals surface area contributed by atoms with Crippen molar-refractivity contribution in [2.24, 2.45) is 0 Å². The van der Waals surface area contributed by atoms with Gasteiger partial charge in [-0.05, 0) is 48.9 Å². The molecule has 3 aromatic carbocycles. The maximum absolute atomic E-state index is 11.3. The molecule has 0 unspecified atom stereocenters. The van der Waals surface area contributed by atoms with Crippen molar-refractivity contribution in [3.63, 3.8) is 0 Å². The molecule has 186 valence electrons. The summed E-state index contributed by atoms with van der Waals surface area (Å²) in [6.07, 6.45) is 0. The molecule has 0 aliphatic rings. The summed E-state index contributed by atoms with van der Waals surface area (Å²) in [4.78, 5) is 10.9. The van der Waals surface area contributed by atoms with Crippen molar-refractivity contribution in [2.75, 3.05) is 28.4 Å². The minimum atomic E-state index is -0.401. The lowest BCUT2D eigenvalue weighted by Gasteiger charge is -2.12. The number of nitro benzene ring substituents is 1. The van der Waals surface area contributed by atoms with Crippen LogP contribution in [0.3, 0.4) is 0 Å². The Hall–Kier alpha value is -4.53. The minimum absolute atomic E-state index is 0.0316. The normalized spacial score (nSPS) is 10.7. The van der Waals surface area contributed by atoms with E-state index in [1.54, 1.807) is 40.6 Å². The molecular formula is C27H27N3O6. The van der Waals surface area contributed by atoms with Crippen molar-refractivity contribution in [1.82, 2.24) is 9.78 Å². The topological polar surface area (TPSA) is 97.9 Å². The van der Waals surface area contributed by atoms with E-state index < -0.39 is 4.92 Å². The molecule has 0 radical (unpaired) electrons. The second-order valence-corrected chi connectivity index (χ2v) is 8.05. The van der Waals surface area contributed by atoms with Gasteiger partial charge >= 0.3 is 0 Å². The van der Waals surface area contributed by atoms with E-state index in [1.807, 2.05) is 54.1 Å². The summed E-state index contributed by atoms with van der Waals surface area (Å²) >= 11 is 0. The fourth-order valence-corrected chi connectivity index (χ4v) is 4.21. The first kappa shape index (κ1) is 24.6. The summed E-state index contributed by atoms with van der Waals surface area (Å²) < 4.78 is 23.7. The van der Waals surface area contributed by atoms with E-state index in [1.165, 1.54) is 6.07 Å². The molecule has 36 heavy (non-hydrogen) atoms. The molecule has 4 rings (SSSR count). The lowest BCUT2D eigenvalue weighted by Crippen LogP contribution is -2.05. The first-order chi connectivity index (χ1) is 17.4. The molecule has 0 atom stereocenters. The Kier molecular flexibility index (Phi) is 7.10. The van der Waals surface area contributed by atoms with Gasteiger partial charge in [0, 0.05) is 28.8 Å². The molecule has 0 aliphatic heterocycles.